The van der Waals surface area contributed by atoms with E-state index in [0.29, 0.717) is 13.0 Å². The molecule has 0 amide bonds. The number of benzene rings is 1. The predicted octanol–water partition coefficient (Wildman–Crippen LogP) is 2.48. The number of rotatable bonds is 5. The summed E-state index contributed by atoms with van der Waals surface area (Å²) in [6, 6.07) is 9.65. The summed E-state index contributed by atoms with van der Waals surface area (Å²) in [6.07, 6.45) is 0.645. The lowest BCUT2D eigenvalue weighted by Crippen LogP contribution is -2.34. The van der Waals surface area contributed by atoms with Crippen LogP contribution in [0.2, 0.25) is 0 Å². The third-order valence-corrected chi connectivity index (χ3v) is 6.29. The van der Waals surface area contributed by atoms with Crippen LogP contribution in [-0.2, 0) is 10.0 Å². The van der Waals surface area contributed by atoms with Gasteiger partial charge in [0.25, 0.3) is 0 Å². The first-order valence-electron chi connectivity index (χ1n) is 6.12. The van der Waals surface area contributed by atoms with Crippen LogP contribution in [0.3, 0.4) is 0 Å². The van der Waals surface area contributed by atoms with Crippen molar-refractivity contribution in [1.29, 1.82) is 5.26 Å². The Kier molecular flexibility index (Phi) is 4.29. The van der Waals surface area contributed by atoms with Crippen molar-refractivity contribution >= 4 is 26.0 Å². The van der Waals surface area contributed by atoms with Crippen LogP contribution < -0.4 is 0 Å². The van der Waals surface area contributed by atoms with Crippen molar-refractivity contribution in [2.75, 3.05) is 13.1 Å². The minimum absolute atomic E-state index is 0.0610. The van der Waals surface area contributed by atoms with E-state index in [1.54, 1.807) is 6.92 Å². The monoisotopic (exact) mass is 342 g/mol. The van der Waals surface area contributed by atoms with Gasteiger partial charge in [0.15, 0.2) is 0 Å². The quantitative estimate of drug-likeness (QED) is 0.772. The van der Waals surface area contributed by atoms with E-state index in [1.165, 1.54) is 4.31 Å². The summed E-state index contributed by atoms with van der Waals surface area (Å²) in [7, 11) is -3.35. The molecule has 1 aromatic carbocycles. The van der Waals surface area contributed by atoms with Gasteiger partial charge in [0.05, 0.1) is 11.3 Å². The van der Waals surface area contributed by atoms with E-state index in [-0.39, 0.29) is 17.7 Å². The van der Waals surface area contributed by atoms with Gasteiger partial charge in [-0.25, -0.2) is 8.42 Å². The normalized spacial score (nSPS) is 22.2. The molecule has 1 aliphatic rings. The first-order valence-corrected chi connectivity index (χ1v) is 8.41. The average molecular weight is 343 g/mol. The first kappa shape index (κ1) is 14.5. The molecule has 0 spiro atoms. The number of sulfonamides is 1. The van der Waals surface area contributed by atoms with E-state index >= 15 is 0 Å². The average Bonchev–Trinajstić information content (AvgIpc) is 3.17. The molecule has 0 radical (unpaired) electrons. The number of nitriles is 1. The third kappa shape index (κ3) is 2.99. The second-order valence-electron chi connectivity index (χ2n) is 4.56. The smallest absolute Gasteiger partial charge is 0.212 e. The second kappa shape index (κ2) is 5.61. The van der Waals surface area contributed by atoms with Crippen LogP contribution in [0.4, 0.5) is 0 Å². The standard InChI is InChI=1S/C13H15BrN2O2S/c1-2-16(8-7-15)19(17,18)13-9-12(13)10-3-5-11(14)6-4-10/h3-6,12-13H,2,8-9H2,1H3. The number of halogens is 1. The molecule has 2 rings (SSSR count). The fourth-order valence-corrected chi connectivity index (χ4v) is 4.48. The Bertz CT molecular complexity index is 592. The van der Waals surface area contributed by atoms with Crippen LogP contribution in [0.15, 0.2) is 28.7 Å². The lowest BCUT2D eigenvalue weighted by molar-refractivity contribution is 0.461. The maximum absolute atomic E-state index is 12.3. The molecule has 1 aliphatic carbocycles. The van der Waals surface area contributed by atoms with Crippen molar-refractivity contribution in [2.45, 2.75) is 24.5 Å². The maximum Gasteiger partial charge on any atom is 0.218 e. The van der Waals surface area contributed by atoms with Crippen LogP contribution in [0.25, 0.3) is 0 Å². The van der Waals surface area contributed by atoms with Crippen molar-refractivity contribution in [3.05, 3.63) is 34.3 Å². The molecular weight excluding hydrogens is 328 g/mol. The van der Waals surface area contributed by atoms with Crippen molar-refractivity contribution in [1.82, 2.24) is 4.31 Å². The fourth-order valence-electron chi connectivity index (χ4n) is 2.21. The molecule has 1 fully saturated rings. The molecule has 1 saturated carbocycles. The lowest BCUT2D eigenvalue weighted by atomic mass is 10.1. The highest BCUT2D eigenvalue weighted by molar-refractivity contribution is 9.10. The van der Waals surface area contributed by atoms with E-state index in [9.17, 15) is 8.42 Å². The Morgan fingerprint density at radius 1 is 1.42 bits per heavy atom. The van der Waals surface area contributed by atoms with Crippen molar-refractivity contribution < 1.29 is 8.42 Å². The summed E-state index contributed by atoms with van der Waals surface area (Å²) in [4.78, 5) is 0. The molecule has 0 aliphatic heterocycles. The fraction of sp³-hybridized carbons (Fsp3) is 0.462. The zero-order chi connectivity index (χ0) is 14.0. The van der Waals surface area contributed by atoms with Crippen molar-refractivity contribution in [3.8, 4) is 6.07 Å². The second-order valence-corrected chi connectivity index (χ2v) is 7.63. The van der Waals surface area contributed by atoms with E-state index in [1.807, 2.05) is 30.3 Å². The molecule has 0 saturated heterocycles. The van der Waals surface area contributed by atoms with Gasteiger partial charge in [-0.15, -0.1) is 0 Å². The van der Waals surface area contributed by atoms with Gasteiger partial charge in [0.2, 0.25) is 10.0 Å². The molecule has 0 bridgehead atoms. The summed E-state index contributed by atoms with van der Waals surface area (Å²) in [5.74, 6) is 0.0610. The molecule has 2 unspecified atom stereocenters. The van der Waals surface area contributed by atoms with Crippen LogP contribution in [-0.4, -0.2) is 31.1 Å². The molecular formula is C13H15BrN2O2S. The largest absolute Gasteiger partial charge is 0.218 e. The van der Waals surface area contributed by atoms with Crippen LogP contribution in [0.1, 0.15) is 24.8 Å². The number of hydrogen-bond donors (Lipinski definition) is 0. The van der Waals surface area contributed by atoms with Gasteiger partial charge in [-0.05, 0) is 24.1 Å². The van der Waals surface area contributed by atoms with E-state index in [0.717, 1.165) is 10.0 Å². The van der Waals surface area contributed by atoms with Crippen molar-refractivity contribution in [2.24, 2.45) is 0 Å². The first-order chi connectivity index (χ1) is 9.00. The highest BCUT2D eigenvalue weighted by Gasteiger charge is 2.50. The van der Waals surface area contributed by atoms with Crippen LogP contribution in [0, 0.1) is 11.3 Å². The predicted molar refractivity (Wildman–Crippen MR) is 77.1 cm³/mol. The number of nitrogens with zero attached hydrogens (tertiary/aromatic N) is 2. The highest BCUT2D eigenvalue weighted by atomic mass is 79.9. The minimum atomic E-state index is -3.35. The maximum atomic E-state index is 12.3. The Morgan fingerprint density at radius 2 is 2.05 bits per heavy atom. The van der Waals surface area contributed by atoms with Gasteiger partial charge >= 0.3 is 0 Å². The Morgan fingerprint density at radius 3 is 2.58 bits per heavy atom. The molecule has 19 heavy (non-hydrogen) atoms. The molecule has 102 valence electrons. The molecule has 1 aromatic rings. The molecule has 6 heteroatoms. The Hall–Kier alpha value is -0.900. The number of hydrogen-bond acceptors (Lipinski definition) is 3. The molecule has 2 atom stereocenters. The Labute approximate surface area is 122 Å². The van der Waals surface area contributed by atoms with Gasteiger partial charge in [-0.3, -0.25) is 0 Å². The third-order valence-electron chi connectivity index (χ3n) is 3.37. The zero-order valence-corrected chi connectivity index (χ0v) is 13.0. The van der Waals surface area contributed by atoms with Gasteiger partial charge in [-0.2, -0.15) is 9.57 Å². The van der Waals surface area contributed by atoms with E-state index in [4.69, 9.17) is 5.26 Å². The molecule has 0 aromatic heterocycles. The Balaban J connectivity index is 2.14. The van der Waals surface area contributed by atoms with Gasteiger partial charge in [0, 0.05) is 16.9 Å². The SMILES string of the molecule is CCN(CC#N)S(=O)(=O)C1CC1c1ccc(Br)cc1. The summed E-state index contributed by atoms with van der Waals surface area (Å²) in [5.41, 5.74) is 1.05. The molecule has 0 N–H and O–H groups in total. The summed E-state index contributed by atoms with van der Waals surface area (Å²) in [6.45, 7) is 2.04. The van der Waals surface area contributed by atoms with Gasteiger partial charge in [-0.1, -0.05) is 35.0 Å². The summed E-state index contributed by atoms with van der Waals surface area (Å²) < 4.78 is 26.9. The zero-order valence-electron chi connectivity index (χ0n) is 10.6. The highest BCUT2D eigenvalue weighted by Crippen LogP contribution is 2.47. The van der Waals surface area contributed by atoms with Crippen molar-refractivity contribution in [3.63, 3.8) is 0 Å². The van der Waals surface area contributed by atoms with Gasteiger partial charge < -0.3 is 0 Å². The minimum Gasteiger partial charge on any atom is -0.212 e. The lowest BCUT2D eigenvalue weighted by Gasteiger charge is -2.17. The summed E-state index contributed by atoms with van der Waals surface area (Å²) in [5, 5.41) is 8.31. The molecule has 0 heterocycles. The van der Waals surface area contributed by atoms with Crippen LogP contribution >= 0.6 is 15.9 Å². The van der Waals surface area contributed by atoms with Gasteiger partial charge in [0.1, 0.15) is 6.54 Å². The van der Waals surface area contributed by atoms with Crippen LogP contribution in [0.5, 0.6) is 0 Å². The molecule has 4 nitrogen and oxygen atoms in total. The van der Waals surface area contributed by atoms with E-state index in [2.05, 4.69) is 15.9 Å². The topological polar surface area (TPSA) is 61.2 Å². The van der Waals surface area contributed by atoms with E-state index < -0.39 is 10.0 Å². The summed E-state index contributed by atoms with van der Waals surface area (Å²) >= 11 is 3.36.